The van der Waals surface area contributed by atoms with Gasteiger partial charge < -0.3 is 24.4 Å². The summed E-state index contributed by atoms with van der Waals surface area (Å²) in [5, 5.41) is 21.0. The molecule has 184 valence electrons. The zero-order chi connectivity index (χ0) is 25.6. The molecule has 36 heavy (non-hydrogen) atoms. The Morgan fingerprint density at radius 3 is 2.64 bits per heavy atom. The predicted molar refractivity (Wildman–Crippen MR) is 142 cm³/mol. The van der Waals surface area contributed by atoms with Crippen LogP contribution in [-0.4, -0.2) is 34.1 Å². The number of hydrogen-bond donors (Lipinski definition) is 2. The maximum absolute atomic E-state index is 13.4. The van der Waals surface area contributed by atoms with Gasteiger partial charge in [-0.05, 0) is 74.2 Å². The summed E-state index contributed by atoms with van der Waals surface area (Å²) < 4.78 is 6.08. The van der Waals surface area contributed by atoms with Gasteiger partial charge in [-0.1, -0.05) is 30.8 Å². The molecular weight excluding hydrogens is 452 g/mol. The number of rotatable bonds is 5. The maximum Gasteiger partial charge on any atom is 0.262 e. The fourth-order valence-electron chi connectivity index (χ4n) is 4.91. The SMILES string of the molecule is C=C(c1ccc2c(c1)CCC(C)N2C(=O)c1ccc(O)cc1O)N(C)C(C)c1cc2ccccc2o1. The summed E-state index contributed by atoms with van der Waals surface area (Å²) in [6.45, 7) is 8.46. The quantitative estimate of drug-likeness (QED) is 0.340. The summed E-state index contributed by atoms with van der Waals surface area (Å²) in [5.41, 5.74) is 4.76. The Morgan fingerprint density at radius 2 is 1.89 bits per heavy atom. The fraction of sp³-hybridized carbons (Fsp3) is 0.233. The Balaban J connectivity index is 1.41. The molecule has 2 unspecified atom stereocenters. The summed E-state index contributed by atoms with van der Waals surface area (Å²) in [5.74, 6) is 0.270. The number of phenolic OH excluding ortho intramolecular Hbond substituents is 2. The van der Waals surface area contributed by atoms with Crippen molar-refractivity contribution in [3.63, 3.8) is 0 Å². The lowest BCUT2D eigenvalue weighted by Gasteiger charge is -2.36. The fourth-order valence-corrected chi connectivity index (χ4v) is 4.91. The number of hydrogen-bond acceptors (Lipinski definition) is 5. The highest BCUT2D eigenvalue weighted by molar-refractivity contribution is 6.09. The van der Waals surface area contributed by atoms with Gasteiger partial charge in [0, 0.05) is 35.9 Å². The van der Waals surface area contributed by atoms with Crippen molar-refractivity contribution in [1.82, 2.24) is 4.90 Å². The topological polar surface area (TPSA) is 77.2 Å². The normalized spacial score (nSPS) is 16.0. The summed E-state index contributed by atoms with van der Waals surface area (Å²) in [6, 6.07) is 20.1. The zero-order valence-electron chi connectivity index (χ0n) is 20.7. The summed E-state index contributed by atoms with van der Waals surface area (Å²) in [7, 11) is 2.01. The van der Waals surface area contributed by atoms with E-state index in [9.17, 15) is 15.0 Å². The first-order valence-electron chi connectivity index (χ1n) is 12.1. The van der Waals surface area contributed by atoms with Crippen LogP contribution in [-0.2, 0) is 6.42 Å². The van der Waals surface area contributed by atoms with Crippen LogP contribution < -0.4 is 4.90 Å². The number of benzene rings is 3. The Bertz CT molecular complexity index is 1440. The minimum absolute atomic E-state index is 0.0171. The van der Waals surface area contributed by atoms with E-state index in [1.54, 1.807) is 4.90 Å². The monoisotopic (exact) mass is 482 g/mol. The first-order valence-corrected chi connectivity index (χ1v) is 12.1. The number of carbonyl (C=O) groups excluding carboxylic acids is 1. The molecule has 2 heterocycles. The molecule has 0 spiro atoms. The number of phenols is 2. The molecule has 1 amide bonds. The smallest absolute Gasteiger partial charge is 0.262 e. The second kappa shape index (κ2) is 9.11. The second-order valence-electron chi connectivity index (χ2n) is 9.53. The molecule has 0 bridgehead atoms. The first-order chi connectivity index (χ1) is 17.2. The summed E-state index contributed by atoms with van der Waals surface area (Å²) in [4.78, 5) is 17.2. The molecule has 4 aromatic rings. The third-order valence-corrected chi connectivity index (χ3v) is 7.24. The van der Waals surface area contributed by atoms with Crippen LogP contribution >= 0.6 is 0 Å². The van der Waals surface area contributed by atoms with Gasteiger partial charge in [0.2, 0.25) is 0 Å². The first kappa shape index (κ1) is 23.5. The van der Waals surface area contributed by atoms with Gasteiger partial charge in [0.15, 0.2) is 0 Å². The van der Waals surface area contributed by atoms with Crippen LogP contribution in [0.3, 0.4) is 0 Å². The van der Waals surface area contributed by atoms with E-state index in [4.69, 9.17) is 4.42 Å². The van der Waals surface area contributed by atoms with E-state index in [1.807, 2.05) is 50.4 Å². The van der Waals surface area contributed by atoms with E-state index >= 15 is 0 Å². The third kappa shape index (κ3) is 4.09. The largest absolute Gasteiger partial charge is 0.508 e. The number of para-hydroxylation sites is 1. The Morgan fingerprint density at radius 1 is 1.11 bits per heavy atom. The van der Waals surface area contributed by atoms with Gasteiger partial charge in [-0.15, -0.1) is 0 Å². The number of nitrogens with zero attached hydrogens (tertiary/aromatic N) is 2. The number of furan rings is 1. The zero-order valence-corrected chi connectivity index (χ0v) is 20.7. The van der Waals surface area contributed by atoms with Crippen molar-refractivity contribution < 1.29 is 19.4 Å². The number of aromatic hydroxyl groups is 2. The average molecular weight is 483 g/mol. The highest BCUT2D eigenvalue weighted by Gasteiger charge is 2.31. The van der Waals surface area contributed by atoms with Crippen molar-refractivity contribution in [2.45, 2.75) is 38.8 Å². The van der Waals surface area contributed by atoms with Crippen molar-refractivity contribution in [3.05, 3.63) is 95.8 Å². The maximum atomic E-state index is 13.4. The minimum Gasteiger partial charge on any atom is -0.508 e. The number of carbonyl (C=O) groups is 1. The molecule has 0 fully saturated rings. The highest BCUT2D eigenvalue weighted by Crippen LogP contribution is 2.37. The van der Waals surface area contributed by atoms with Crippen LogP contribution in [0.4, 0.5) is 5.69 Å². The second-order valence-corrected chi connectivity index (χ2v) is 9.53. The molecule has 6 nitrogen and oxygen atoms in total. The standard InChI is InChI=1S/C30H30N2O4/c1-18-9-10-22-15-21(11-14-26(22)32(18)30(35)25-13-12-24(33)17-27(25)34)19(2)31(4)20(3)29-16-23-7-5-6-8-28(23)36-29/h5-8,11-18,20,33-34H,2,9-10H2,1,3-4H3. The van der Waals surface area contributed by atoms with Crippen molar-refractivity contribution >= 4 is 28.3 Å². The van der Waals surface area contributed by atoms with E-state index in [2.05, 4.69) is 30.5 Å². The van der Waals surface area contributed by atoms with Gasteiger partial charge in [0.05, 0.1) is 11.6 Å². The molecule has 2 N–H and O–H groups in total. The molecule has 0 saturated heterocycles. The number of aryl methyl sites for hydroxylation is 1. The predicted octanol–water partition coefficient (Wildman–Crippen LogP) is 6.49. The van der Waals surface area contributed by atoms with E-state index in [0.717, 1.165) is 52.1 Å². The van der Waals surface area contributed by atoms with Crippen LogP contribution in [0.1, 0.15) is 53.6 Å². The Kier molecular flexibility index (Phi) is 5.96. The molecule has 6 heteroatoms. The lowest BCUT2D eigenvalue weighted by Crippen LogP contribution is -2.42. The number of anilines is 1. The van der Waals surface area contributed by atoms with Crippen LogP contribution in [0.2, 0.25) is 0 Å². The molecule has 0 radical (unpaired) electrons. The molecular formula is C30H30N2O4. The van der Waals surface area contributed by atoms with Crippen LogP contribution in [0.15, 0.2) is 77.7 Å². The third-order valence-electron chi connectivity index (χ3n) is 7.24. The minimum atomic E-state index is -0.289. The lowest BCUT2D eigenvalue weighted by atomic mass is 9.93. The Labute approximate surface area is 210 Å². The van der Waals surface area contributed by atoms with Crippen LogP contribution in [0.25, 0.3) is 16.7 Å². The van der Waals surface area contributed by atoms with E-state index in [1.165, 1.54) is 18.2 Å². The van der Waals surface area contributed by atoms with E-state index < -0.39 is 0 Å². The summed E-state index contributed by atoms with van der Waals surface area (Å²) >= 11 is 0. The molecule has 0 saturated carbocycles. The van der Waals surface area contributed by atoms with Crippen molar-refractivity contribution in [3.8, 4) is 11.5 Å². The van der Waals surface area contributed by atoms with Crippen molar-refractivity contribution in [2.24, 2.45) is 0 Å². The van der Waals surface area contributed by atoms with Gasteiger partial charge in [-0.2, -0.15) is 0 Å². The molecule has 1 aromatic heterocycles. The number of amides is 1. The van der Waals surface area contributed by atoms with Gasteiger partial charge in [-0.3, -0.25) is 4.79 Å². The van der Waals surface area contributed by atoms with Gasteiger partial charge in [0.1, 0.15) is 22.8 Å². The van der Waals surface area contributed by atoms with E-state index in [0.29, 0.717) is 0 Å². The number of fused-ring (bicyclic) bond motifs is 2. The lowest BCUT2D eigenvalue weighted by molar-refractivity contribution is 0.0972. The van der Waals surface area contributed by atoms with Gasteiger partial charge >= 0.3 is 0 Å². The average Bonchev–Trinajstić information content (AvgIpc) is 3.31. The Hall–Kier alpha value is -4.19. The molecule has 0 aliphatic carbocycles. The highest BCUT2D eigenvalue weighted by atomic mass is 16.3. The van der Waals surface area contributed by atoms with Crippen molar-refractivity contribution in [1.29, 1.82) is 0 Å². The molecule has 1 aliphatic heterocycles. The molecule has 3 aromatic carbocycles. The van der Waals surface area contributed by atoms with Crippen LogP contribution in [0.5, 0.6) is 11.5 Å². The molecule has 1 aliphatic rings. The molecule has 2 atom stereocenters. The molecule has 5 rings (SSSR count). The summed E-state index contributed by atoms with van der Waals surface area (Å²) in [6.07, 6.45) is 1.64. The van der Waals surface area contributed by atoms with E-state index in [-0.39, 0.29) is 35.1 Å². The van der Waals surface area contributed by atoms with Gasteiger partial charge in [-0.25, -0.2) is 0 Å². The van der Waals surface area contributed by atoms with Crippen LogP contribution in [0, 0.1) is 0 Å². The van der Waals surface area contributed by atoms with Crippen molar-refractivity contribution in [2.75, 3.05) is 11.9 Å². The van der Waals surface area contributed by atoms with Gasteiger partial charge in [0.25, 0.3) is 5.91 Å².